The summed E-state index contributed by atoms with van der Waals surface area (Å²) in [5, 5.41) is 12.3. The van der Waals surface area contributed by atoms with Gasteiger partial charge in [-0.3, -0.25) is 4.79 Å². The van der Waals surface area contributed by atoms with Crippen LogP contribution in [-0.2, 0) is 32.4 Å². The van der Waals surface area contributed by atoms with Gasteiger partial charge in [0.2, 0.25) is 5.91 Å². The van der Waals surface area contributed by atoms with Gasteiger partial charge in [-0.25, -0.2) is 0 Å². The highest BCUT2D eigenvalue weighted by Gasteiger charge is 2.37. The Balaban J connectivity index is 1.43. The number of nitrogens with one attached hydrogen (secondary N) is 1. The molecule has 2 aromatic rings. The molecule has 0 aliphatic carbocycles. The van der Waals surface area contributed by atoms with Gasteiger partial charge in [0.15, 0.2) is 0 Å². The molecule has 0 radical (unpaired) electrons. The zero-order chi connectivity index (χ0) is 20.6. The molecule has 1 aromatic heterocycles. The van der Waals surface area contributed by atoms with Crippen LogP contribution >= 0.6 is 11.6 Å². The fourth-order valence-electron chi connectivity index (χ4n) is 4.12. The highest BCUT2D eigenvalue weighted by atomic mass is 35.5. The first-order valence-corrected chi connectivity index (χ1v) is 12.0. The Morgan fingerprint density at radius 3 is 2.59 bits per heavy atom. The van der Waals surface area contributed by atoms with Crippen LogP contribution in [0.25, 0.3) is 0 Å². The molecule has 4 rings (SSSR count). The van der Waals surface area contributed by atoms with Crippen LogP contribution in [0.5, 0.6) is 0 Å². The molecule has 3 heterocycles. The number of aryl methyl sites for hydroxylation is 1. The van der Waals surface area contributed by atoms with Crippen LogP contribution in [0.3, 0.4) is 0 Å². The molecule has 1 saturated heterocycles. The lowest BCUT2D eigenvalue weighted by Gasteiger charge is -2.32. The van der Waals surface area contributed by atoms with E-state index < -0.39 is 10.4 Å². The molecule has 2 aliphatic heterocycles. The Bertz CT molecular complexity index is 934. The number of amides is 1. The van der Waals surface area contributed by atoms with Gasteiger partial charge in [0.25, 0.3) is 0 Å². The average molecular weight is 438 g/mol. The van der Waals surface area contributed by atoms with Crippen molar-refractivity contribution in [1.82, 2.24) is 24.4 Å². The Morgan fingerprint density at radius 2 is 1.93 bits per heavy atom. The summed E-state index contributed by atoms with van der Waals surface area (Å²) in [6, 6.07) is 7.06. The van der Waals surface area contributed by atoms with E-state index in [1.807, 2.05) is 16.7 Å². The summed E-state index contributed by atoms with van der Waals surface area (Å²) in [6.45, 7) is 1.38. The van der Waals surface area contributed by atoms with Crippen LogP contribution < -0.4 is 5.32 Å². The lowest BCUT2D eigenvalue weighted by molar-refractivity contribution is -0.124. The predicted molar refractivity (Wildman–Crippen MR) is 109 cm³/mol. The standard InChI is InChI=1S/C19H24ClN5O3S/c1-29(27,28)24-10-8-14(9-11-24)18-23-22-17-7-6-16(25(17)18)19(26)21-12-13-2-4-15(20)5-3-13/h2-5,14,16H,6-12H2,1H3,(H-,21,26,27,28). The van der Waals surface area contributed by atoms with Crippen molar-refractivity contribution >= 4 is 27.9 Å². The molecular weight excluding hydrogens is 414 g/mol. The number of sulfonamides is 1. The minimum Gasteiger partial charge on any atom is -0.598 e. The zero-order valence-electron chi connectivity index (χ0n) is 16.2. The number of hydrogen-bond donors (Lipinski definition) is 1. The van der Waals surface area contributed by atoms with Crippen LogP contribution in [0.4, 0.5) is 0 Å². The topological polar surface area (TPSA) is 103 Å². The van der Waals surface area contributed by atoms with Crippen molar-refractivity contribution in [3.05, 3.63) is 46.5 Å². The van der Waals surface area contributed by atoms with Crippen LogP contribution in [0.2, 0.25) is 5.02 Å². The molecule has 29 heavy (non-hydrogen) atoms. The number of nitrogens with zero attached hydrogens (tertiary/aromatic N) is 4. The van der Waals surface area contributed by atoms with E-state index in [0.29, 0.717) is 50.3 Å². The summed E-state index contributed by atoms with van der Waals surface area (Å²) in [5.41, 5.74) is 0.984. The first-order chi connectivity index (χ1) is 13.8. The minimum atomic E-state index is -3.17. The van der Waals surface area contributed by atoms with E-state index in [4.69, 9.17) is 11.6 Å². The van der Waals surface area contributed by atoms with E-state index in [2.05, 4.69) is 15.5 Å². The van der Waals surface area contributed by atoms with E-state index in [1.54, 1.807) is 12.1 Å². The number of aromatic nitrogens is 3. The number of piperidine rings is 1. The van der Waals surface area contributed by atoms with Crippen molar-refractivity contribution in [3.8, 4) is 0 Å². The molecule has 10 heteroatoms. The van der Waals surface area contributed by atoms with Crippen molar-refractivity contribution in [2.24, 2.45) is 0 Å². The van der Waals surface area contributed by atoms with Gasteiger partial charge < -0.3 is 14.4 Å². The fraction of sp³-hybridized carbons (Fsp3) is 0.526. The van der Waals surface area contributed by atoms with Crippen molar-refractivity contribution < 1.29 is 13.6 Å². The molecule has 1 fully saturated rings. The smallest absolute Gasteiger partial charge is 0.243 e. The Hall–Kier alpha value is -1.81. The lowest BCUT2D eigenvalue weighted by atomic mass is 9.97. The number of fused-ring (bicyclic) bond motifs is 1. The maximum atomic E-state index is 12.9. The quantitative estimate of drug-likeness (QED) is 0.721. The first-order valence-electron chi connectivity index (χ1n) is 9.74. The van der Waals surface area contributed by atoms with E-state index in [9.17, 15) is 13.6 Å². The Labute approximate surface area is 176 Å². The molecule has 1 amide bonds. The third-order valence-corrected chi connectivity index (χ3v) is 7.27. The van der Waals surface area contributed by atoms with Crippen LogP contribution in [0.15, 0.2) is 24.3 Å². The van der Waals surface area contributed by atoms with Crippen molar-refractivity contribution in [2.75, 3.05) is 19.3 Å². The molecule has 0 saturated carbocycles. The summed E-state index contributed by atoms with van der Waals surface area (Å²) in [6.07, 6.45) is 4.03. The van der Waals surface area contributed by atoms with Gasteiger partial charge in [-0.15, -0.1) is 14.5 Å². The zero-order valence-corrected chi connectivity index (χ0v) is 17.8. The minimum absolute atomic E-state index is 0.0479. The second kappa shape index (κ2) is 8.14. The molecule has 156 valence electrons. The van der Waals surface area contributed by atoms with Crippen molar-refractivity contribution in [2.45, 2.75) is 44.2 Å². The molecule has 2 atom stereocenters. The Morgan fingerprint density at radius 1 is 1.24 bits per heavy atom. The Kier molecular flexibility index (Phi) is 5.74. The fourth-order valence-corrected chi connectivity index (χ4v) is 5.12. The summed E-state index contributed by atoms with van der Waals surface area (Å²) < 4.78 is 27.0. The van der Waals surface area contributed by atoms with E-state index in [0.717, 1.165) is 17.2 Å². The van der Waals surface area contributed by atoms with Gasteiger partial charge >= 0.3 is 0 Å². The normalized spacial score (nSPS) is 22.2. The second-order valence-corrected chi connectivity index (χ2v) is 10.1. The lowest BCUT2D eigenvalue weighted by Crippen LogP contribution is -2.41. The number of benzene rings is 1. The molecular formula is C19H24ClN5O3S. The van der Waals surface area contributed by atoms with Gasteiger partial charge in [-0.1, -0.05) is 27.9 Å². The monoisotopic (exact) mass is 437 g/mol. The first kappa shape index (κ1) is 20.5. The SMILES string of the molecule is C[S+](=O)([O-])N1CCC(c2nnc3n2C(C(=O)NCc2ccc(Cl)cc2)CC3)CC1. The number of carbonyl (C=O) groups is 1. The second-order valence-electron chi connectivity index (χ2n) is 7.68. The van der Waals surface area contributed by atoms with Crippen LogP contribution in [0.1, 0.15) is 48.4 Å². The highest BCUT2D eigenvalue weighted by molar-refractivity contribution is 7.94. The maximum Gasteiger partial charge on any atom is 0.243 e. The summed E-state index contributed by atoms with van der Waals surface area (Å²) in [5.74, 6) is 1.70. The van der Waals surface area contributed by atoms with Crippen LogP contribution in [0, 0.1) is 0 Å². The average Bonchev–Trinajstić information content (AvgIpc) is 3.29. The molecule has 0 spiro atoms. The predicted octanol–water partition coefficient (Wildman–Crippen LogP) is 2.09. The van der Waals surface area contributed by atoms with Gasteiger partial charge in [-0.2, -0.15) is 0 Å². The summed E-state index contributed by atoms with van der Waals surface area (Å²) >= 11 is 5.91. The van der Waals surface area contributed by atoms with Gasteiger partial charge in [0.05, 0.1) is 0 Å². The molecule has 8 nitrogen and oxygen atoms in total. The van der Waals surface area contributed by atoms with Gasteiger partial charge in [-0.05, 0) is 37.0 Å². The summed E-state index contributed by atoms with van der Waals surface area (Å²) in [4.78, 5) is 12.9. The third kappa shape index (κ3) is 4.37. The van der Waals surface area contributed by atoms with Crippen molar-refractivity contribution in [3.63, 3.8) is 0 Å². The van der Waals surface area contributed by atoms with Gasteiger partial charge in [0, 0.05) is 37.0 Å². The van der Waals surface area contributed by atoms with Gasteiger partial charge in [0.1, 0.15) is 34.3 Å². The van der Waals surface area contributed by atoms with E-state index in [-0.39, 0.29) is 17.9 Å². The van der Waals surface area contributed by atoms with E-state index >= 15 is 0 Å². The van der Waals surface area contributed by atoms with Crippen molar-refractivity contribution in [1.29, 1.82) is 0 Å². The summed E-state index contributed by atoms with van der Waals surface area (Å²) in [7, 11) is -3.17. The molecule has 1 aromatic carbocycles. The molecule has 2 aliphatic rings. The van der Waals surface area contributed by atoms with E-state index in [1.165, 1.54) is 10.6 Å². The molecule has 0 bridgehead atoms. The largest absolute Gasteiger partial charge is 0.598 e. The molecule has 1 N–H and O–H groups in total. The third-order valence-electron chi connectivity index (χ3n) is 5.72. The number of hydrogen-bond acceptors (Lipinski definition) is 5. The van der Waals surface area contributed by atoms with Crippen LogP contribution in [-0.4, -0.2) is 48.9 Å². The number of halogens is 1. The number of rotatable bonds is 5. The highest BCUT2D eigenvalue weighted by Crippen LogP contribution is 2.34. The maximum absolute atomic E-state index is 12.9. The molecule has 2 unspecified atom stereocenters. The number of carbonyl (C=O) groups excluding carboxylic acids is 1.